The molecule has 1 unspecified atom stereocenters. The highest BCUT2D eigenvalue weighted by Gasteiger charge is 2.28. The highest BCUT2D eigenvalue weighted by Crippen LogP contribution is 2.24. The maximum atomic E-state index is 12.9. The van der Waals surface area contributed by atoms with Crippen LogP contribution in [0, 0.1) is 0 Å². The summed E-state index contributed by atoms with van der Waals surface area (Å²) in [6, 6.07) is 24.5. The average Bonchev–Trinajstić information content (AvgIpc) is 3.17. The molecule has 10 nitrogen and oxygen atoms in total. The van der Waals surface area contributed by atoms with E-state index in [-0.39, 0.29) is 22.3 Å². The number of nitrogens with zero attached hydrogens (tertiary/aromatic N) is 3. The molecule has 190 valence electrons. The molecular weight excluding hydrogens is 508 g/mol. The van der Waals surface area contributed by atoms with E-state index in [1.165, 1.54) is 17.8 Å². The van der Waals surface area contributed by atoms with Crippen LogP contribution in [0.2, 0.25) is 5.02 Å². The number of aryl methyl sites for hydroxylation is 1. The first-order valence-corrected chi connectivity index (χ1v) is 11.9. The summed E-state index contributed by atoms with van der Waals surface area (Å²) in [6.07, 6.45) is -2.20. The van der Waals surface area contributed by atoms with Crippen LogP contribution in [0.3, 0.4) is 0 Å². The van der Waals surface area contributed by atoms with Crippen molar-refractivity contribution in [1.82, 2.24) is 15.1 Å². The fourth-order valence-electron chi connectivity index (χ4n) is 3.85. The fourth-order valence-corrected chi connectivity index (χ4v) is 4.07. The van der Waals surface area contributed by atoms with Gasteiger partial charge in [0.25, 0.3) is 11.8 Å². The summed E-state index contributed by atoms with van der Waals surface area (Å²) in [5.41, 5.74) is 2.88. The molecule has 0 spiro atoms. The van der Waals surface area contributed by atoms with Gasteiger partial charge in [-0.25, -0.2) is 14.5 Å². The molecule has 5 rings (SSSR count). The van der Waals surface area contributed by atoms with Crippen molar-refractivity contribution >= 4 is 46.7 Å². The molecule has 0 bridgehead atoms. The number of halogens is 1. The number of carbonyl (C=O) groups is 3. The normalized spacial score (nSPS) is 14.4. The molecule has 38 heavy (non-hydrogen) atoms. The maximum Gasteiger partial charge on any atom is 0.416 e. The van der Waals surface area contributed by atoms with E-state index in [2.05, 4.69) is 26.0 Å². The molecule has 3 amide bonds. The van der Waals surface area contributed by atoms with Crippen LogP contribution in [-0.4, -0.2) is 39.6 Å². The molecular formula is C27H21ClN6O4. The largest absolute Gasteiger partial charge is 0.416 e. The first-order chi connectivity index (χ1) is 18.4. The number of fused-ring (bicyclic) bond motifs is 1. The van der Waals surface area contributed by atoms with Crippen molar-refractivity contribution < 1.29 is 19.1 Å². The van der Waals surface area contributed by atoms with Crippen molar-refractivity contribution in [2.75, 3.05) is 10.6 Å². The summed E-state index contributed by atoms with van der Waals surface area (Å²) in [7, 11) is 1.54. The number of ether oxygens (including phenoxy) is 1. The van der Waals surface area contributed by atoms with E-state index in [0.717, 1.165) is 11.1 Å². The van der Waals surface area contributed by atoms with E-state index in [0.29, 0.717) is 11.4 Å². The Morgan fingerprint density at radius 2 is 1.71 bits per heavy atom. The number of hydrogen-bond acceptors (Lipinski definition) is 6. The predicted molar refractivity (Wildman–Crippen MR) is 143 cm³/mol. The number of anilines is 2. The molecule has 0 fully saturated rings. The zero-order valence-electron chi connectivity index (χ0n) is 20.0. The lowest BCUT2D eigenvalue weighted by Gasteiger charge is -2.13. The summed E-state index contributed by atoms with van der Waals surface area (Å²) in [6.45, 7) is 0. The van der Waals surface area contributed by atoms with Gasteiger partial charge >= 0.3 is 6.09 Å². The Morgan fingerprint density at radius 1 is 1.00 bits per heavy atom. The Labute approximate surface area is 222 Å². The number of amides is 3. The molecule has 3 aromatic carbocycles. The van der Waals surface area contributed by atoms with E-state index in [1.54, 1.807) is 36.4 Å². The van der Waals surface area contributed by atoms with Crippen LogP contribution >= 0.6 is 11.6 Å². The van der Waals surface area contributed by atoms with Crippen LogP contribution in [0.5, 0.6) is 5.88 Å². The number of rotatable bonds is 5. The summed E-state index contributed by atoms with van der Waals surface area (Å²) in [5.74, 6) is -0.825. The molecule has 0 saturated carbocycles. The van der Waals surface area contributed by atoms with Crippen molar-refractivity contribution in [1.29, 1.82) is 0 Å². The SMILES string of the molecule is Cn1nc(NC(=O)c2ccccc2Cl)cc1OC(=O)NC1N=C(c2ccccc2)c2ccccc2NC1=O. The minimum atomic E-state index is -1.27. The van der Waals surface area contributed by atoms with Crippen LogP contribution in [0.25, 0.3) is 0 Å². The smallest absolute Gasteiger partial charge is 0.391 e. The Bertz CT molecular complexity index is 1570. The summed E-state index contributed by atoms with van der Waals surface area (Å²) >= 11 is 6.08. The van der Waals surface area contributed by atoms with Crippen molar-refractivity contribution in [2.24, 2.45) is 12.0 Å². The third kappa shape index (κ3) is 5.25. The summed E-state index contributed by atoms with van der Waals surface area (Å²) in [5, 5.41) is 12.3. The van der Waals surface area contributed by atoms with Gasteiger partial charge in [-0.05, 0) is 18.2 Å². The predicted octanol–water partition coefficient (Wildman–Crippen LogP) is 4.23. The number of benzene rings is 3. The lowest BCUT2D eigenvalue weighted by Crippen LogP contribution is -2.43. The molecule has 1 aliphatic heterocycles. The maximum absolute atomic E-state index is 12.9. The van der Waals surface area contributed by atoms with Crippen LogP contribution in [0.1, 0.15) is 21.5 Å². The highest BCUT2D eigenvalue weighted by atomic mass is 35.5. The zero-order valence-corrected chi connectivity index (χ0v) is 20.8. The number of para-hydroxylation sites is 1. The number of aliphatic imine (C=N–C) groups is 1. The lowest BCUT2D eigenvalue weighted by molar-refractivity contribution is -0.117. The van der Waals surface area contributed by atoms with E-state index < -0.39 is 24.1 Å². The molecule has 11 heteroatoms. The van der Waals surface area contributed by atoms with Gasteiger partial charge in [0.05, 0.1) is 22.0 Å². The minimum Gasteiger partial charge on any atom is -0.391 e. The van der Waals surface area contributed by atoms with Gasteiger partial charge in [0, 0.05) is 24.2 Å². The number of nitrogens with one attached hydrogen (secondary N) is 3. The first-order valence-electron chi connectivity index (χ1n) is 11.5. The fraction of sp³-hybridized carbons (Fsp3) is 0.0741. The van der Waals surface area contributed by atoms with Crippen molar-refractivity contribution in [3.63, 3.8) is 0 Å². The van der Waals surface area contributed by atoms with Crippen molar-refractivity contribution in [2.45, 2.75) is 6.17 Å². The second-order valence-corrected chi connectivity index (χ2v) is 8.65. The molecule has 0 aliphatic carbocycles. The second kappa shape index (κ2) is 10.6. The van der Waals surface area contributed by atoms with Gasteiger partial charge in [-0.15, -0.1) is 0 Å². The Kier molecular flexibility index (Phi) is 6.88. The van der Waals surface area contributed by atoms with Gasteiger partial charge in [0.2, 0.25) is 12.0 Å². The Balaban J connectivity index is 1.33. The van der Waals surface area contributed by atoms with Gasteiger partial charge in [-0.3, -0.25) is 14.9 Å². The number of benzodiazepines with no additional fused rings is 1. The quantitative estimate of drug-likeness (QED) is 0.357. The molecule has 2 heterocycles. The van der Waals surface area contributed by atoms with E-state index in [1.807, 2.05) is 42.5 Å². The van der Waals surface area contributed by atoms with Crippen LogP contribution in [0.15, 0.2) is 89.9 Å². The third-order valence-electron chi connectivity index (χ3n) is 5.64. The van der Waals surface area contributed by atoms with Gasteiger partial charge in [-0.2, -0.15) is 5.10 Å². The van der Waals surface area contributed by atoms with Crippen molar-refractivity contribution in [3.05, 3.63) is 107 Å². The molecule has 1 atom stereocenters. The molecule has 0 saturated heterocycles. The standard InChI is InChI=1S/C27H21ClN6O4/c1-34-22(15-21(33-34)30-25(35)17-11-5-7-13-19(17)28)38-27(37)32-24-26(36)29-20-14-8-6-12-18(20)23(31-24)16-9-3-2-4-10-16/h2-15,24H,1H3,(H,29,36)(H,32,37)(H,30,33,35). The van der Waals surface area contributed by atoms with E-state index >= 15 is 0 Å². The van der Waals surface area contributed by atoms with Gasteiger partial charge in [0.1, 0.15) is 0 Å². The summed E-state index contributed by atoms with van der Waals surface area (Å²) < 4.78 is 6.64. The van der Waals surface area contributed by atoms with E-state index in [4.69, 9.17) is 16.3 Å². The Hall–Kier alpha value is -4.96. The molecule has 0 radical (unpaired) electrons. The highest BCUT2D eigenvalue weighted by molar-refractivity contribution is 6.34. The molecule has 4 aromatic rings. The second-order valence-electron chi connectivity index (χ2n) is 8.24. The third-order valence-corrected chi connectivity index (χ3v) is 5.97. The van der Waals surface area contributed by atoms with E-state index in [9.17, 15) is 14.4 Å². The van der Waals surface area contributed by atoms with Gasteiger partial charge in [0.15, 0.2) is 5.82 Å². The van der Waals surface area contributed by atoms with Crippen LogP contribution in [-0.2, 0) is 11.8 Å². The van der Waals surface area contributed by atoms with Gasteiger partial charge < -0.3 is 15.4 Å². The zero-order chi connectivity index (χ0) is 26.6. The number of hydrogen-bond donors (Lipinski definition) is 3. The summed E-state index contributed by atoms with van der Waals surface area (Å²) in [4.78, 5) is 42.8. The Morgan fingerprint density at radius 3 is 2.50 bits per heavy atom. The van der Waals surface area contributed by atoms with Crippen molar-refractivity contribution in [3.8, 4) is 5.88 Å². The molecule has 1 aromatic heterocycles. The minimum absolute atomic E-state index is 0.0292. The first kappa shape index (κ1) is 24.7. The lowest BCUT2D eigenvalue weighted by atomic mass is 10.0. The monoisotopic (exact) mass is 528 g/mol. The number of carbonyl (C=O) groups excluding carboxylic acids is 3. The average molecular weight is 529 g/mol. The van der Waals surface area contributed by atoms with Crippen LogP contribution in [0.4, 0.5) is 16.3 Å². The molecule has 1 aliphatic rings. The van der Waals surface area contributed by atoms with Gasteiger partial charge in [-0.1, -0.05) is 72.3 Å². The number of aromatic nitrogens is 2. The molecule has 3 N–H and O–H groups in total. The topological polar surface area (TPSA) is 127 Å². The van der Waals surface area contributed by atoms with Crippen LogP contribution < -0.4 is 20.7 Å².